The summed E-state index contributed by atoms with van der Waals surface area (Å²) in [4.78, 5) is 77.3. The van der Waals surface area contributed by atoms with Crippen LogP contribution in [0, 0.1) is 17.8 Å². The molecule has 15 aromatic rings. The van der Waals surface area contributed by atoms with Crippen LogP contribution in [0.4, 0.5) is 9.59 Å². The molecule has 0 spiro atoms. The molecule has 600 valence electrons. The number of rotatable bonds is 13. The molecule has 1 atom stereocenters. The molecule has 3 amide bonds. The van der Waals surface area contributed by atoms with Crippen molar-refractivity contribution in [2.75, 3.05) is 39.3 Å². The number of aliphatic hydroxyl groups excluding tert-OH is 1. The molecule has 0 aliphatic carbocycles. The predicted octanol–water partition coefficient (Wildman–Crippen LogP) is 19.2. The molecule has 20 heteroatoms. The lowest BCUT2D eigenvalue weighted by molar-refractivity contribution is -0.118. The number of aldehydes is 1. The Balaban J connectivity index is 0.000000128. The molecule has 12 heterocycles. The first-order valence-corrected chi connectivity index (χ1v) is 40.3. The third kappa shape index (κ3) is 23.9. The van der Waals surface area contributed by atoms with Crippen LogP contribution in [0.3, 0.4) is 0 Å². The van der Waals surface area contributed by atoms with Gasteiger partial charge in [-0.1, -0.05) is 109 Å². The molecular formula is C96H109N13O7. The number of hydrogen-bond acceptors (Lipinski definition) is 11. The number of H-pyrrole nitrogens is 5. The van der Waals surface area contributed by atoms with Gasteiger partial charge in [0.05, 0.1) is 0 Å². The van der Waals surface area contributed by atoms with Crippen molar-refractivity contribution in [3.8, 4) is 0 Å². The minimum absolute atomic E-state index is 0.178. The Hall–Kier alpha value is -12.4. The summed E-state index contributed by atoms with van der Waals surface area (Å²) in [6.45, 7) is 17.0. The van der Waals surface area contributed by atoms with Crippen LogP contribution in [-0.4, -0.2) is 134 Å². The molecule has 9 aromatic heterocycles. The number of piperidine rings is 3. The average molecular weight is 1560 g/mol. The normalized spacial score (nSPS) is 14.2. The van der Waals surface area contributed by atoms with Gasteiger partial charge >= 0.3 is 12.2 Å². The van der Waals surface area contributed by atoms with Crippen LogP contribution in [0.25, 0.3) is 65.4 Å². The van der Waals surface area contributed by atoms with Crippen LogP contribution in [0.2, 0.25) is 0 Å². The van der Waals surface area contributed by atoms with Crippen LogP contribution in [-0.2, 0) is 46.5 Å². The van der Waals surface area contributed by atoms with Gasteiger partial charge < -0.3 is 64.9 Å². The number of para-hydroxylation sites is 6. The Morgan fingerprint density at radius 3 is 1.38 bits per heavy atom. The molecule has 20 nitrogen and oxygen atoms in total. The average Bonchev–Trinajstić information content (AvgIpc) is 1.65. The Kier molecular flexibility index (Phi) is 29.0. The lowest BCUT2D eigenvalue weighted by atomic mass is 9.90. The first-order chi connectivity index (χ1) is 56.3. The molecule has 0 bridgehead atoms. The monoisotopic (exact) mass is 1560 g/mol. The van der Waals surface area contributed by atoms with Crippen LogP contribution >= 0.6 is 0 Å². The fourth-order valence-electron chi connectivity index (χ4n) is 15.2. The van der Waals surface area contributed by atoms with E-state index in [0.717, 1.165) is 111 Å². The minimum Gasteiger partial charge on any atom is -0.444 e. The summed E-state index contributed by atoms with van der Waals surface area (Å²) in [7, 11) is 0. The van der Waals surface area contributed by atoms with Crippen molar-refractivity contribution < 1.29 is 33.8 Å². The van der Waals surface area contributed by atoms with Crippen molar-refractivity contribution in [3.05, 3.63) is 307 Å². The Labute approximate surface area is 678 Å². The Bertz CT molecular complexity index is 5520. The number of nitrogens with two attached hydrogens (primary N) is 1. The smallest absolute Gasteiger partial charge is 0.410 e. The summed E-state index contributed by atoms with van der Waals surface area (Å²) in [6.07, 6.45) is 33.1. The molecule has 116 heavy (non-hydrogen) atoms. The summed E-state index contributed by atoms with van der Waals surface area (Å²) in [5, 5.41) is 21.3. The van der Waals surface area contributed by atoms with Crippen LogP contribution in [0.15, 0.2) is 262 Å². The zero-order chi connectivity index (χ0) is 81.2. The summed E-state index contributed by atoms with van der Waals surface area (Å²) in [6, 6.07) is 62.8. The molecule has 3 aliphatic heterocycles. The number of carbonyl (C=O) groups is 4. The number of hydrogen-bond donors (Lipinski definition) is 8. The van der Waals surface area contributed by atoms with Gasteiger partial charge in [-0.3, -0.25) is 24.5 Å². The number of aliphatic hydroxyl groups is 1. The van der Waals surface area contributed by atoms with Crippen LogP contribution in [0.5, 0.6) is 0 Å². The fourth-order valence-corrected chi connectivity index (χ4v) is 15.2. The first-order valence-electron chi connectivity index (χ1n) is 40.3. The maximum atomic E-state index is 12.2. The molecule has 9 N–H and O–H groups in total. The Morgan fingerprint density at radius 1 is 0.474 bits per heavy atom. The molecule has 3 fully saturated rings. The van der Waals surface area contributed by atoms with Crippen LogP contribution < -0.4 is 11.1 Å². The minimum atomic E-state index is -0.617. The number of amides is 3. The Morgan fingerprint density at radius 2 is 0.888 bits per heavy atom. The second-order valence-electron chi connectivity index (χ2n) is 31.9. The lowest BCUT2D eigenvalue weighted by Gasteiger charge is -2.33. The predicted molar refractivity (Wildman–Crippen MR) is 465 cm³/mol. The quantitative estimate of drug-likeness (QED) is 0.0503. The highest BCUT2D eigenvalue weighted by Crippen LogP contribution is 2.33. The molecule has 0 radical (unpaired) electrons. The number of primary amides is 1. The zero-order valence-electron chi connectivity index (χ0n) is 67.4. The maximum Gasteiger partial charge on any atom is 0.410 e. The number of benzene rings is 6. The SMILES string of the molecule is CC(C)(C)OC(=O)N1CCC(Cc2c[nH]c3ccccc23)CC1.CC(C)(C)OC(=O)N1CCC(Cc2cn(CC(N)=O)c3ccccc23)CC1.O=Cc1ccncc1.OC(c1ccncc1)c1c[nH]c2ccccc12.c1ccc2[nH]ccc2c1.c1ccc2c(CC3CCNCC3)c[nH]c2c1.c1ccc2c(Cc3ccncc3)c[nH]c2c1. The molecule has 1 unspecified atom stereocenters. The van der Waals surface area contributed by atoms with E-state index in [-0.39, 0.29) is 24.6 Å². The highest BCUT2D eigenvalue weighted by atomic mass is 16.6. The van der Waals surface area contributed by atoms with Gasteiger partial charge in [0, 0.05) is 172 Å². The molecule has 6 aromatic carbocycles. The third-order valence-corrected chi connectivity index (χ3v) is 21.1. The van der Waals surface area contributed by atoms with E-state index in [2.05, 4.69) is 179 Å². The van der Waals surface area contributed by atoms with Gasteiger partial charge in [0.15, 0.2) is 0 Å². The van der Waals surface area contributed by atoms with Gasteiger partial charge in [0.25, 0.3) is 0 Å². The van der Waals surface area contributed by atoms with E-state index in [0.29, 0.717) is 17.4 Å². The van der Waals surface area contributed by atoms with Gasteiger partial charge in [-0.05, 0) is 254 Å². The summed E-state index contributed by atoms with van der Waals surface area (Å²) in [5.74, 6) is 1.66. The topological polar surface area (TPSA) is 274 Å². The molecule has 3 aliphatic rings. The van der Waals surface area contributed by atoms with Gasteiger partial charge in [0.2, 0.25) is 5.91 Å². The van der Waals surface area contributed by atoms with E-state index in [1.54, 1.807) is 41.8 Å². The standard InChI is InChI=1S/C21H29N3O3.C19H26N2O2.C14H12N2O.C14H18N2.C14H12N2.C8H7N.C6H5NO/c1-21(2,3)27-20(26)23-10-8-15(9-11-23)12-16-13-24(14-19(22)25)18-7-5-4-6-17(16)18;1-19(2,3)23-18(22)21-10-8-14(9-11-21)12-15-13-20-17-7-5-4-6-16(15)17;17-14(10-5-7-15-8-6-10)12-9-16-13-4-2-1-3-11(12)13;2*1-2-4-14-13(3-1)12(10-16-14)9-11-5-7-15-8-6-11;1-2-4-8-7(3-1)5-6-9-8;8-5-6-1-3-7-4-2-6/h4-7,13,15H,8-12,14H2,1-3H3,(H2,22,25);4-7,13-14,20H,8-12H2,1-3H3;1-9,14,16-17H;1-4,10-11,15-16H,5-9H2;1-8,10,16H,9H2;1-6,9H;1-5H. The summed E-state index contributed by atoms with van der Waals surface area (Å²) < 4.78 is 12.9. The maximum absolute atomic E-state index is 12.2. The number of pyridine rings is 3. The van der Waals surface area contributed by atoms with E-state index < -0.39 is 17.3 Å². The van der Waals surface area contributed by atoms with E-state index in [4.69, 9.17) is 15.2 Å². The van der Waals surface area contributed by atoms with Crippen molar-refractivity contribution in [1.82, 2.24) is 59.6 Å². The van der Waals surface area contributed by atoms with Gasteiger partial charge in [-0.15, -0.1) is 0 Å². The molecule has 3 saturated heterocycles. The number of fused-ring (bicyclic) bond motifs is 6. The van der Waals surface area contributed by atoms with E-state index >= 15 is 0 Å². The number of likely N-dealkylation sites (tertiary alicyclic amines) is 2. The zero-order valence-corrected chi connectivity index (χ0v) is 67.4. The second kappa shape index (κ2) is 40.6. The van der Waals surface area contributed by atoms with E-state index in [9.17, 15) is 24.3 Å². The van der Waals surface area contributed by atoms with Crippen molar-refractivity contribution in [1.29, 1.82) is 0 Å². The lowest BCUT2D eigenvalue weighted by Crippen LogP contribution is -2.42. The first kappa shape index (κ1) is 83.0. The number of aromatic amines is 5. The molecular weight excluding hydrogens is 1450 g/mol. The van der Waals surface area contributed by atoms with Crippen molar-refractivity contribution in [3.63, 3.8) is 0 Å². The van der Waals surface area contributed by atoms with Crippen molar-refractivity contribution >= 4 is 89.8 Å². The fraction of sp³-hybridized carbons (Fsp3) is 0.302. The van der Waals surface area contributed by atoms with Crippen molar-refractivity contribution in [2.45, 2.75) is 130 Å². The largest absolute Gasteiger partial charge is 0.444 e. The van der Waals surface area contributed by atoms with Gasteiger partial charge in [-0.25, -0.2) is 9.59 Å². The number of nitrogens with zero attached hydrogens (tertiary/aromatic N) is 6. The highest BCUT2D eigenvalue weighted by Gasteiger charge is 2.30. The van der Waals surface area contributed by atoms with E-state index in [1.165, 1.54) is 109 Å². The van der Waals surface area contributed by atoms with E-state index in [1.807, 2.05) is 143 Å². The third-order valence-electron chi connectivity index (χ3n) is 21.1. The van der Waals surface area contributed by atoms with Crippen molar-refractivity contribution in [2.24, 2.45) is 23.5 Å². The molecule has 0 saturated carbocycles. The molecule has 18 rings (SSSR count). The summed E-state index contributed by atoms with van der Waals surface area (Å²) >= 11 is 0. The number of aromatic nitrogens is 9. The number of carbonyl (C=O) groups excluding carboxylic acids is 4. The van der Waals surface area contributed by atoms with Crippen LogP contribution in [0.1, 0.15) is 135 Å². The summed E-state index contributed by atoms with van der Waals surface area (Å²) in [5.41, 5.74) is 20.6. The second-order valence-corrected chi connectivity index (χ2v) is 31.9. The van der Waals surface area contributed by atoms with Gasteiger partial charge in [0.1, 0.15) is 30.1 Å². The van der Waals surface area contributed by atoms with Gasteiger partial charge in [-0.2, -0.15) is 0 Å². The highest BCUT2D eigenvalue weighted by molar-refractivity contribution is 5.88. The number of nitrogens with one attached hydrogen (secondary N) is 6. The number of ether oxygens (including phenoxy) is 2.